The molecule has 0 saturated heterocycles. The Morgan fingerprint density at radius 3 is 1.87 bits per heavy atom. The third-order valence-corrected chi connectivity index (χ3v) is 4.79. The summed E-state index contributed by atoms with van der Waals surface area (Å²) < 4.78 is 10.2. The number of Topliss-reactive ketones (excluding diaryl/α,β-unsaturated/α-hetero) is 1. The van der Waals surface area contributed by atoms with Crippen LogP contribution in [0.25, 0.3) is 0 Å². The van der Waals surface area contributed by atoms with Crippen LogP contribution in [-0.4, -0.2) is 35.9 Å². The lowest BCUT2D eigenvalue weighted by Crippen LogP contribution is -2.34. The normalized spacial score (nSPS) is 11.6. The number of esters is 2. The number of hydrogen-bond acceptors (Lipinski definition) is 7. The van der Waals surface area contributed by atoms with E-state index in [4.69, 9.17) is 9.47 Å². The number of hydrogen-bond donors (Lipinski definition) is 0. The molecular formula is C23H25NO7. The second kappa shape index (κ2) is 11.0. The molecule has 2 rings (SSSR count). The fourth-order valence-corrected chi connectivity index (χ4v) is 3.22. The summed E-state index contributed by atoms with van der Waals surface area (Å²) in [4.78, 5) is 48.8. The first-order chi connectivity index (χ1) is 14.8. The molecule has 0 aliphatic carbocycles. The average Bonchev–Trinajstić information content (AvgIpc) is 2.74. The van der Waals surface area contributed by atoms with Crippen molar-refractivity contribution in [2.24, 2.45) is 5.92 Å². The van der Waals surface area contributed by atoms with Crippen molar-refractivity contribution < 1.29 is 28.8 Å². The summed E-state index contributed by atoms with van der Waals surface area (Å²) in [7, 11) is 0. The fraction of sp³-hybridized carbons (Fsp3) is 0.348. The lowest BCUT2D eigenvalue weighted by molar-refractivity contribution is -0.384. The largest absolute Gasteiger partial charge is 0.465 e. The highest BCUT2D eigenvalue weighted by Gasteiger charge is 2.39. The Bertz CT molecular complexity index is 917. The van der Waals surface area contributed by atoms with Crippen molar-refractivity contribution >= 4 is 23.4 Å². The molecule has 0 saturated carbocycles. The van der Waals surface area contributed by atoms with Gasteiger partial charge in [-0.1, -0.05) is 42.0 Å². The number of non-ortho nitro benzene ring substituents is 1. The van der Waals surface area contributed by atoms with Crippen molar-refractivity contribution in [3.8, 4) is 0 Å². The summed E-state index contributed by atoms with van der Waals surface area (Å²) >= 11 is 0. The predicted molar refractivity (Wildman–Crippen MR) is 113 cm³/mol. The quantitative estimate of drug-likeness (QED) is 0.185. The molecule has 2 aromatic carbocycles. The van der Waals surface area contributed by atoms with Gasteiger partial charge >= 0.3 is 11.9 Å². The lowest BCUT2D eigenvalue weighted by Gasteiger charge is -2.24. The molecule has 1 unspecified atom stereocenters. The van der Waals surface area contributed by atoms with Gasteiger partial charge in [-0.05, 0) is 26.3 Å². The van der Waals surface area contributed by atoms with E-state index in [9.17, 15) is 24.5 Å². The lowest BCUT2D eigenvalue weighted by atomic mass is 9.81. The van der Waals surface area contributed by atoms with E-state index in [2.05, 4.69) is 0 Å². The Kier molecular flexibility index (Phi) is 8.43. The molecule has 1 atom stereocenters. The number of benzene rings is 2. The molecule has 8 heteroatoms. The smallest absolute Gasteiger partial charge is 0.320 e. The molecule has 0 amide bonds. The van der Waals surface area contributed by atoms with Crippen LogP contribution in [-0.2, 0) is 19.1 Å². The summed E-state index contributed by atoms with van der Waals surface area (Å²) in [5, 5.41) is 11.0. The van der Waals surface area contributed by atoms with Crippen molar-refractivity contribution in [1.82, 2.24) is 0 Å². The zero-order chi connectivity index (χ0) is 23.0. The summed E-state index contributed by atoms with van der Waals surface area (Å²) in [6.07, 6.45) is -0.177. The van der Waals surface area contributed by atoms with Crippen LogP contribution in [0.3, 0.4) is 0 Å². The van der Waals surface area contributed by atoms with Crippen molar-refractivity contribution in [2.45, 2.75) is 33.1 Å². The van der Waals surface area contributed by atoms with Gasteiger partial charge in [0.05, 0.1) is 18.1 Å². The molecule has 8 nitrogen and oxygen atoms in total. The number of rotatable bonds is 10. The highest BCUT2D eigenvalue weighted by molar-refractivity contribution is 6.00. The molecular weight excluding hydrogens is 402 g/mol. The SMILES string of the molecule is CCOC(=O)C(C(=O)OCC)C(CC(=O)c1ccc(C)cc1)c1ccc([N+](=O)[O-])cc1. The molecule has 0 aliphatic heterocycles. The van der Waals surface area contributed by atoms with Gasteiger partial charge in [0.1, 0.15) is 0 Å². The molecule has 0 bridgehead atoms. The number of nitro groups is 1. The second-order valence-electron chi connectivity index (χ2n) is 6.93. The molecule has 0 radical (unpaired) electrons. The maximum atomic E-state index is 13.0. The van der Waals surface area contributed by atoms with Gasteiger partial charge in [-0.15, -0.1) is 0 Å². The number of nitro benzene ring substituents is 1. The van der Waals surface area contributed by atoms with Crippen LogP contribution in [0.4, 0.5) is 5.69 Å². The Balaban J connectivity index is 2.48. The molecule has 0 aliphatic rings. The van der Waals surface area contributed by atoms with E-state index in [1.54, 1.807) is 38.1 Å². The van der Waals surface area contributed by atoms with Gasteiger partial charge < -0.3 is 9.47 Å². The van der Waals surface area contributed by atoms with E-state index in [0.717, 1.165) is 5.56 Å². The molecule has 0 heterocycles. The molecule has 164 valence electrons. The fourth-order valence-electron chi connectivity index (χ4n) is 3.22. The van der Waals surface area contributed by atoms with E-state index < -0.39 is 28.7 Å². The standard InChI is InChI=1S/C23H25NO7/c1-4-30-22(26)21(23(27)31-5-2)19(16-10-12-18(13-11-16)24(28)29)14-20(25)17-8-6-15(3)7-9-17/h6-13,19,21H,4-5,14H2,1-3H3. The van der Waals surface area contributed by atoms with Crippen LogP contribution in [0, 0.1) is 23.0 Å². The van der Waals surface area contributed by atoms with Gasteiger partial charge in [0, 0.05) is 30.0 Å². The van der Waals surface area contributed by atoms with Crippen molar-refractivity contribution in [3.05, 3.63) is 75.3 Å². The van der Waals surface area contributed by atoms with Gasteiger partial charge in [0.15, 0.2) is 11.7 Å². The van der Waals surface area contributed by atoms with E-state index in [0.29, 0.717) is 11.1 Å². The number of ketones is 1. The third kappa shape index (κ3) is 6.21. The predicted octanol–water partition coefficient (Wildman–Crippen LogP) is 4.00. The van der Waals surface area contributed by atoms with Crippen LogP contribution < -0.4 is 0 Å². The van der Waals surface area contributed by atoms with E-state index in [-0.39, 0.29) is 31.1 Å². The molecule has 31 heavy (non-hydrogen) atoms. The Morgan fingerprint density at radius 2 is 1.42 bits per heavy atom. The zero-order valence-corrected chi connectivity index (χ0v) is 17.7. The molecule has 0 fully saturated rings. The van der Waals surface area contributed by atoms with Crippen molar-refractivity contribution in [2.75, 3.05) is 13.2 Å². The third-order valence-electron chi connectivity index (χ3n) is 4.79. The molecule has 0 N–H and O–H groups in total. The number of carbonyl (C=O) groups is 3. The van der Waals surface area contributed by atoms with Crippen LogP contribution in [0.5, 0.6) is 0 Å². The zero-order valence-electron chi connectivity index (χ0n) is 17.7. The molecule has 2 aromatic rings. The molecule has 0 spiro atoms. The summed E-state index contributed by atoms with van der Waals surface area (Å²) in [6.45, 7) is 5.21. The van der Waals surface area contributed by atoms with Gasteiger partial charge in [-0.3, -0.25) is 24.5 Å². The highest BCUT2D eigenvalue weighted by atomic mass is 16.6. The number of ether oxygens (including phenoxy) is 2. The summed E-state index contributed by atoms with van der Waals surface area (Å²) in [5.74, 6) is -4.17. The minimum absolute atomic E-state index is 0.0492. The average molecular weight is 427 g/mol. The Labute approximate surface area is 180 Å². The second-order valence-corrected chi connectivity index (χ2v) is 6.93. The Morgan fingerprint density at radius 1 is 0.903 bits per heavy atom. The van der Waals surface area contributed by atoms with Crippen LogP contribution in [0.1, 0.15) is 47.7 Å². The van der Waals surface area contributed by atoms with Gasteiger partial charge in [-0.2, -0.15) is 0 Å². The summed E-state index contributed by atoms with van der Waals surface area (Å²) in [5.41, 5.74) is 1.71. The number of aryl methyl sites for hydroxylation is 1. The van der Waals surface area contributed by atoms with Crippen LogP contribution >= 0.6 is 0 Å². The van der Waals surface area contributed by atoms with E-state index in [1.165, 1.54) is 24.3 Å². The number of nitrogens with zero attached hydrogens (tertiary/aromatic N) is 1. The minimum atomic E-state index is -1.38. The van der Waals surface area contributed by atoms with Gasteiger partial charge in [0.2, 0.25) is 0 Å². The number of carbonyl (C=O) groups excluding carboxylic acids is 3. The topological polar surface area (TPSA) is 113 Å². The van der Waals surface area contributed by atoms with Gasteiger partial charge in [-0.25, -0.2) is 0 Å². The monoisotopic (exact) mass is 427 g/mol. The molecule has 0 aromatic heterocycles. The van der Waals surface area contributed by atoms with Crippen LogP contribution in [0.2, 0.25) is 0 Å². The highest BCUT2D eigenvalue weighted by Crippen LogP contribution is 2.33. The van der Waals surface area contributed by atoms with Crippen LogP contribution in [0.15, 0.2) is 48.5 Å². The van der Waals surface area contributed by atoms with Crippen molar-refractivity contribution in [1.29, 1.82) is 0 Å². The van der Waals surface area contributed by atoms with E-state index >= 15 is 0 Å². The van der Waals surface area contributed by atoms with Gasteiger partial charge in [0.25, 0.3) is 5.69 Å². The first-order valence-electron chi connectivity index (χ1n) is 9.95. The van der Waals surface area contributed by atoms with Crippen molar-refractivity contribution in [3.63, 3.8) is 0 Å². The Hall–Kier alpha value is -3.55. The maximum Gasteiger partial charge on any atom is 0.320 e. The minimum Gasteiger partial charge on any atom is -0.465 e. The first-order valence-corrected chi connectivity index (χ1v) is 9.95. The summed E-state index contributed by atoms with van der Waals surface area (Å²) in [6, 6.07) is 12.4. The maximum absolute atomic E-state index is 13.0. The van der Waals surface area contributed by atoms with E-state index in [1.807, 2.05) is 6.92 Å². The first kappa shape index (κ1) is 23.7.